The number of hydrogen-bond acceptors (Lipinski definition) is 5. The standard InChI is InChI=1S/C27H36FN3O4/c1-3-19-8-4-9-20(16-19)25-22(11-5-12-23(25)28)27(34,13-7-15-35-26(33)30-2)21-10-6-14-31(18-21)24(32)17-29/h4-5,8-9,11-12,16,21,34H,3,6-7,10,13-15,17-18,29H2,1-2H3,(H,30,33). The summed E-state index contributed by atoms with van der Waals surface area (Å²) in [5.41, 5.74) is 6.76. The average molecular weight is 486 g/mol. The number of amides is 2. The van der Waals surface area contributed by atoms with E-state index in [2.05, 4.69) is 5.32 Å². The summed E-state index contributed by atoms with van der Waals surface area (Å²) in [4.78, 5) is 25.5. The Labute approximate surface area is 206 Å². The minimum atomic E-state index is -1.45. The molecule has 0 saturated carbocycles. The lowest BCUT2D eigenvalue weighted by atomic mass is 9.72. The number of nitrogens with one attached hydrogen (secondary N) is 1. The molecule has 0 aromatic heterocycles. The van der Waals surface area contributed by atoms with Gasteiger partial charge in [-0.05, 0) is 54.9 Å². The molecule has 4 N–H and O–H groups in total. The van der Waals surface area contributed by atoms with Gasteiger partial charge in [0.1, 0.15) is 5.82 Å². The number of piperidine rings is 1. The van der Waals surface area contributed by atoms with Gasteiger partial charge in [0.05, 0.1) is 18.8 Å². The summed E-state index contributed by atoms with van der Waals surface area (Å²) in [7, 11) is 1.48. The second kappa shape index (κ2) is 12.1. The quantitative estimate of drug-likeness (QED) is 0.471. The lowest BCUT2D eigenvalue weighted by Crippen LogP contribution is -2.49. The summed E-state index contributed by atoms with van der Waals surface area (Å²) in [5.74, 6) is -0.918. The summed E-state index contributed by atoms with van der Waals surface area (Å²) in [5, 5.41) is 14.7. The van der Waals surface area contributed by atoms with Gasteiger partial charge in [-0.3, -0.25) is 4.79 Å². The molecular formula is C27H36FN3O4. The highest BCUT2D eigenvalue weighted by Gasteiger charge is 2.43. The van der Waals surface area contributed by atoms with E-state index in [1.54, 1.807) is 17.0 Å². The van der Waals surface area contributed by atoms with Crippen molar-refractivity contribution in [3.63, 3.8) is 0 Å². The highest BCUT2D eigenvalue weighted by molar-refractivity contribution is 5.78. The van der Waals surface area contributed by atoms with E-state index < -0.39 is 17.5 Å². The van der Waals surface area contributed by atoms with Gasteiger partial charge in [-0.15, -0.1) is 0 Å². The number of likely N-dealkylation sites (tertiary alicyclic amines) is 1. The first-order chi connectivity index (χ1) is 16.8. The van der Waals surface area contributed by atoms with Crippen LogP contribution >= 0.6 is 0 Å². The molecule has 2 amide bonds. The summed E-state index contributed by atoms with van der Waals surface area (Å²) < 4.78 is 20.5. The average Bonchev–Trinajstić information content (AvgIpc) is 2.90. The molecule has 0 radical (unpaired) electrons. The molecule has 8 heteroatoms. The molecule has 1 saturated heterocycles. The number of benzene rings is 2. The molecule has 2 aromatic rings. The van der Waals surface area contributed by atoms with Crippen LogP contribution in [-0.4, -0.2) is 55.3 Å². The van der Waals surface area contributed by atoms with Crippen molar-refractivity contribution >= 4 is 12.0 Å². The molecule has 1 fully saturated rings. The van der Waals surface area contributed by atoms with Crippen molar-refractivity contribution < 1.29 is 23.8 Å². The molecule has 0 aliphatic carbocycles. The van der Waals surface area contributed by atoms with Crippen molar-refractivity contribution in [2.45, 2.75) is 44.6 Å². The summed E-state index contributed by atoms with van der Waals surface area (Å²) >= 11 is 0. The van der Waals surface area contributed by atoms with E-state index >= 15 is 4.39 Å². The number of hydrogen-bond donors (Lipinski definition) is 3. The Bertz CT molecular complexity index is 1030. The van der Waals surface area contributed by atoms with Crippen LogP contribution in [0.5, 0.6) is 0 Å². The van der Waals surface area contributed by atoms with Crippen LogP contribution in [0.1, 0.15) is 43.7 Å². The first-order valence-electron chi connectivity index (χ1n) is 12.3. The summed E-state index contributed by atoms with van der Waals surface area (Å²) in [6, 6.07) is 12.4. The van der Waals surface area contributed by atoms with Crippen molar-refractivity contribution in [2.24, 2.45) is 11.7 Å². The molecule has 190 valence electrons. The first kappa shape index (κ1) is 26.6. The van der Waals surface area contributed by atoms with Crippen LogP contribution in [0.3, 0.4) is 0 Å². The molecule has 2 unspecified atom stereocenters. The first-order valence-corrected chi connectivity index (χ1v) is 12.3. The van der Waals surface area contributed by atoms with Gasteiger partial charge in [-0.25, -0.2) is 9.18 Å². The molecule has 3 rings (SSSR count). The smallest absolute Gasteiger partial charge is 0.406 e. The lowest BCUT2D eigenvalue weighted by Gasteiger charge is -2.43. The highest BCUT2D eigenvalue weighted by atomic mass is 19.1. The number of aryl methyl sites for hydroxylation is 1. The van der Waals surface area contributed by atoms with Crippen LogP contribution in [0.2, 0.25) is 0 Å². The van der Waals surface area contributed by atoms with Gasteiger partial charge < -0.3 is 25.8 Å². The number of nitrogens with zero attached hydrogens (tertiary/aromatic N) is 1. The number of aliphatic hydroxyl groups is 1. The number of halogens is 1. The van der Waals surface area contributed by atoms with Crippen LogP contribution < -0.4 is 11.1 Å². The Balaban J connectivity index is 2.04. The normalized spacial score (nSPS) is 17.5. The third-order valence-electron chi connectivity index (χ3n) is 6.87. The van der Waals surface area contributed by atoms with Gasteiger partial charge in [-0.1, -0.05) is 43.3 Å². The van der Waals surface area contributed by atoms with E-state index in [4.69, 9.17) is 10.5 Å². The second-order valence-corrected chi connectivity index (χ2v) is 9.01. The zero-order valence-corrected chi connectivity index (χ0v) is 20.6. The van der Waals surface area contributed by atoms with Crippen LogP contribution in [0.4, 0.5) is 9.18 Å². The Hall–Kier alpha value is -2.97. The lowest BCUT2D eigenvalue weighted by molar-refractivity contribution is -0.135. The van der Waals surface area contributed by atoms with E-state index in [0.29, 0.717) is 49.0 Å². The number of carbonyl (C=O) groups is 2. The largest absolute Gasteiger partial charge is 0.450 e. The maximum absolute atomic E-state index is 15.4. The molecule has 1 aliphatic rings. The number of nitrogens with two attached hydrogens (primary N) is 1. The molecule has 1 aliphatic heterocycles. The van der Waals surface area contributed by atoms with Crippen LogP contribution in [0.25, 0.3) is 11.1 Å². The molecule has 7 nitrogen and oxygen atoms in total. The van der Waals surface area contributed by atoms with E-state index in [0.717, 1.165) is 12.0 Å². The predicted octanol–water partition coefficient (Wildman–Crippen LogP) is 3.58. The fourth-order valence-corrected chi connectivity index (χ4v) is 4.99. The Morgan fingerprint density at radius 3 is 2.77 bits per heavy atom. The second-order valence-electron chi connectivity index (χ2n) is 9.01. The van der Waals surface area contributed by atoms with E-state index in [1.165, 1.54) is 13.1 Å². The van der Waals surface area contributed by atoms with Crippen molar-refractivity contribution in [3.05, 3.63) is 59.4 Å². The monoisotopic (exact) mass is 485 g/mol. The molecule has 0 spiro atoms. The molecular weight excluding hydrogens is 449 g/mol. The maximum atomic E-state index is 15.4. The van der Waals surface area contributed by atoms with Gasteiger partial charge >= 0.3 is 6.09 Å². The molecule has 2 aromatic carbocycles. The van der Waals surface area contributed by atoms with Gasteiger partial charge in [0, 0.05) is 31.6 Å². The number of alkyl carbamates (subject to hydrolysis) is 1. The van der Waals surface area contributed by atoms with E-state index in [1.807, 2.05) is 31.2 Å². The maximum Gasteiger partial charge on any atom is 0.406 e. The minimum Gasteiger partial charge on any atom is -0.450 e. The topological polar surface area (TPSA) is 105 Å². The third-order valence-corrected chi connectivity index (χ3v) is 6.87. The Morgan fingerprint density at radius 1 is 1.29 bits per heavy atom. The van der Waals surface area contributed by atoms with E-state index in [9.17, 15) is 14.7 Å². The van der Waals surface area contributed by atoms with Crippen molar-refractivity contribution in [2.75, 3.05) is 33.3 Å². The summed E-state index contributed by atoms with van der Waals surface area (Å²) in [6.45, 7) is 2.95. The van der Waals surface area contributed by atoms with Gasteiger partial charge in [-0.2, -0.15) is 0 Å². The van der Waals surface area contributed by atoms with Gasteiger partial charge in [0.15, 0.2) is 0 Å². The third kappa shape index (κ3) is 6.18. The zero-order chi connectivity index (χ0) is 25.4. The Kier molecular flexibility index (Phi) is 9.23. The molecule has 2 atom stereocenters. The number of carbonyl (C=O) groups excluding carboxylic acids is 2. The highest BCUT2D eigenvalue weighted by Crippen LogP contribution is 2.44. The van der Waals surface area contributed by atoms with Crippen molar-refractivity contribution in [3.8, 4) is 11.1 Å². The van der Waals surface area contributed by atoms with Crippen LogP contribution in [-0.2, 0) is 21.6 Å². The van der Waals surface area contributed by atoms with Gasteiger partial charge in [0.2, 0.25) is 5.91 Å². The SMILES string of the molecule is CCc1cccc(-c2c(F)cccc2C(O)(CCCOC(=O)NC)C2CCCN(C(=O)CN)C2)c1. The molecule has 1 heterocycles. The summed E-state index contributed by atoms with van der Waals surface area (Å²) in [6.07, 6.45) is 2.25. The fourth-order valence-electron chi connectivity index (χ4n) is 4.99. The zero-order valence-electron chi connectivity index (χ0n) is 20.6. The predicted molar refractivity (Wildman–Crippen MR) is 133 cm³/mol. The fraction of sp³-hybridized carbons (Fsp3) is 0.481. The number of rotatable bonds is 9. The van der Waals surface area contributed by atoms with Gasteiger partial charge in [0.25, 0.3) is 0 Å². The molecule has 35 heavy (non-hydrogen) atoms. The minimum absolute atomic E-state index is 0.0971. The Morgan fingerprint density at radius 2 is 2.06 bits per heavy atom. The number of ether oxygens (including phenoxy) is 1. The van der Waals surface area contributed by atoms with Crippen LogP contribution in [0.15, 0.2) is 42.5 Å². The van der Waals surface area contributed by atoms with Crippen molar-refractivity contribution in [1.82, 2.24) is 10.2 Å². The van der Waals surface area contributed by atoms with Crippen LogP contribution in [0, 0.1) is 11.7 Å². The van der Waals surface area contributed by atoms with Crippen molar-refractivity contribution in [1.29, 1.82) is 0 Å². The molecule has 0 bridgehead atoms. The van der Waals surface area contributed by atoms with E-state index in [-0.39, 0.29) is 31.4 Å².